The van der Waals surface area contributed by atoms with Crippen LogP contribution in [0, 0.1) is 0 Å². The average Bonchev–Trinajstić information content (AvgIpc) is 3.89. The summed E-state index contributed by atoms with van der Waals surface area (Å²) < 4.78 is 23.6. The Morgan fingerprint density at radius 1 is 0.915 bits per heavy atom. The van der Waals surface area contributed by atoms with E-state index in [1.54, 1.807) is 32.8 Å². The Balaban J connectivity index is 0.913. The second-order valence-corrected chi connectivity index (χ2v) is 11.9. The van der Waals surface area contributed by atoms with Gasteiger partial charge in [-0.25, -0.2) is 23.7 Å². The van der Waals surface area contributed by atoms with Gasteiger partial charge in [-0.1, -0.05) is 13.0 Å². The Bertz CT molecular complexity index is 1780. The maximum atomic E-state index is 12.8. The summed E-state index contributed by atoms with van der Waals surface area (Å²) in [6.07, 6.45) is 7.03. The molecule has 0 saturated carbocycles. The summed E-state index contributed by atoms with van der Waals surface area (Å²) in [5.41, 5.74) is 3.70. The van der Waals surface area contributed by atoms with Crippen LogP contribution in [0.4, 0.5) is 11.4 Å². The zero-order valence-electron chi connectivity index (χ0n) is 26.6. The number of nitrogens with zero attached hydrogens (tertiary/aromatic N) is 9. The van der Waals surface area contributed by atoms with E-state index in [4.69, 9.17) is 14.2 Å². The highest BCUT2D eigenvalue weighted by atomic mass is 16.8. The number of pyridine rings is 1. The number of aromatic nitrogens is 7. The standard InChI is InChI=1S/C34H39N9O4/c1-3-26(2)43-33(44)42(25-38-43)29-9-7-27(8-10-29)39-16-18-40(19-17-39)28-11-13-30(14-12-28)45-20-31-21-46-34(47-31,22-41-24-35-23-37-41)32-6-4-5-15-36-32/h4-15,23-26,31H,3,16-22H2,1-2H3/t26-,31?,34?/m0/s1. The van der Waals surface area contributed by atoms with Crippen molar-refractivity contribution >= 4 is 11.4 Å². The molecule has 0 N–H and O–H groups in total. The van der Waals surface area contributed by atoms with Gasteiger partial charge in [0.25, 0.3) is 0 Å². The Morgan fingerprint density at radius 2 is 1.62 bits per heavy atom. The van der Waals surface area contributed by atoms with E-state index < -0.39 is 5.79 Å². The van der Waals surface area contributed by atoms with Crippen molar-refractivity contribution in [1.29, 1.82) is 0 Å². The highest BCUT2D eigenvalue weighted by Gasteiger charge is 2.45. The molecule has 3 atom stereocenters. The van der Waals surface area contributed by atoms with Crippen molar-refractivity contribution in [2.45, 2.75) is 44.7 Å². The highest BCUT2D eigenvalue weighted by Crippen LogP contribution is 2.35. The van der Waals surface area contributed by atoms with E-state index in [0.717, 1.165) is 55.4 Å². The molecule has 0 radical (unpaired) electrons. The first-order valence-corrected chi connectivity index (χ1v) is 16.1. The highest BCUT2D eigenvalue weighted by molar-refractivity contribution is 5.54. The van der Waals surface area contributed by atoms with Gasteiger partial charge in [0.05, 0.1) is 18.3 Å². The Labute approximate surface area is 272 Å². The maximum Gasteiger partial charge on any atom is 0.350 e. The zero-order valence-corrected chi connectivity index (χ0v) is 26.6. The van der Waals surface area contributed by atoms with E-state index in [0.29, 0.717) is 25.5 Å². The van der Waals surface area contributed by atoms with Crippen LogP contribution in [0.5, 0.6) is 5.75 Å². The van der Waals surface area contributed by atoms with Gasteiger partial charge in [-0.15, -0.1) is 0 Å². The SMILES string of the molecule is CC[C@H](C)n1ncn(-c2ccc(N3CCN(c4ccc(OCC5COC(Cn6cncn6)(c6ccccn6)O5)cc4)CC3)cc2)c1=O. The number of piperazine rings is 1. The minimum atomic E-state index is -1.06. The second-order valence-electron chi connectivity index (χ2n) is 11.9. The second kappa shape index (κ2) is 13.4. The summed E-state index contributed by atoms with van der Waals surface area (Å²) in [6.45, 7) is 8.70. The minimum absolute atomic E-state index is 0.0704. The van der Waals surface area contributed by atoms with Gasteiger partial charge in [0.2, 0.25) is 5.79 Å². The fourth-order valence-electron chi connectivity index (χ4n) is 6.02. The summed E-state index contributed by atoms with van der Waals surface area (Å²) >= 11 is 0. The molecule has 244 valence electrons. The normalized spacial score (nSPS) is 20.4. The van der Waals surface area contributed by atoms with Crippen LogP contribution in [0.25, 0.3) is 5.69 Å². The molecule has 2 fully saturated rings. The van der Waals surface area contributed by atoms with Gasteiger partial charge in [-0.3, -0.25) is 4.98 Å². The van der Waals surface area contributed by atoms with Crippen molar-refractivity contribution < 1.29 is 14.2 Å². The molecule has 0 spiro atoms. The van der Waals surface area contributed by atoms with Gasteiger partial charge in [0.1, 0.15) is 49.7 Å². The molecule has 7 rings (SSSR count). The van der Waals surface area contributed by atoms with Crippen molar-refractivity contribution in [3.63, 3.8) is 0 Å². The monoisotopic (exact) mass is 637 g/mol. The minimum Gasteiger partial charge on any atom is -0.491 e. The molecule has 2 aliphatic rings. The van der Waals surface area contributed by atoms with E-state index in [1.807, 2.05) is 49.4 Å². The molecule has 2 saturated heterocycles. The van der Waals surface area contributed by atoms with Gasteiger partial charge < -0.3 is 24.0 Å². The molecule has 0 bridgehead atoms. The van der Waals surface area contributed by atoms with Crippen LogP contribution < -0.4 is 20.2 Å². The lowest BCUT2D eigenvalue weighted by Crippen LogP contribution is -2.46. The number of benzene rings is 2. The lowest BCUT2D eigenvalue weighted by molar-refractivity contribution is -0.193. The van der Waals surface area contributed by atoms with Crippen molar-refractivity contribution in [2.75, 3.05) is 49.2 Å². The van der Waals surface area contributed by atoms with Crippen LogP contribution in [-0.2, 0) is 21.8 Å². The third-order valence-electron chi connectivity index (χ3n) is 8.86. The van der Waals surface area contributed by atoms with Crippen molar-refractivity contribution in [3.05, 3.63) is 108 Å². The Hall–Kier alpha value is -5.01. The van der Waals surface area contributed by atoms with Gasteiger partial charge in [0, 0.05) is 43.8 Å². The molecule has 2 aromatic carbocycles. The number of hydrogen-bond donors (Lipinski definition) is 0. The molecule has 0 amide bonds. The van der Waals surface area contributed by atoms with Crippen LogP contribution in [0.1, 0.15) is 32.0 Å². The Kier molecular flexibility index (Phi) is 8.72. The molecule has 13 heteroatoms. The molecule has 0 aliphatic carbocycles. The summed E-state index contributed by atoms with van der Waals surface area (Å²) in [7, 11) is 0. The van der Waals surface area contributed by atoms with Crippen molar-refractivity contribution in [1.82, 2.24) is 34.1 Å². The first-order valence-electron chi connectivity index (χ1n) is 16.1. The molecule has 5 aromatic rings. The molecule has 2 aliphatic heterocycles. The summed E-state index contributed by atoms with van der Waals surface area (Å²) in [6, 6.07) is 22.1. The maximum absolute atomic E-state index is 12.8. The lowest BCUT2D eigenvalue weighted by Gasteiger charge is -2.37. The summed E-state index contributed by atoms with van der Waals surface area (Å²) in [4.78, 5) is 26.1. The van der Waals surface area contributed by atoms with E-state index in [1.165, 1.54) is 6.33 Å². The molecule has 3 aromatic heterocycles. The number of ether oxygens (including phenoxy) is 3. The van der Waals surface area contributed by atoms with Crippen LogP contribution in [0.15, 0.2) is 96.7 Å². The van der Waals surface area contributed by atoms with E-state index >= 15 is 0 Å². The van der Waals surface area contributed by atoms with Crippen LogP contribution in [0.3, 0.4) is 0 Å². The van der Waals surface area contributed by atoms with Crippen LogP contribution in [-0.4, -0.2) is 79.6 Å². The van der Waals surface area contributed by atoms with E-state index in [-0.39, 0.29) is 17.8 Å². The molecule has 13 nitrogen and oxygen atoms in total. The summed E-state index contributed by atoms with van der Waals surface area (Å²) in [5.74, 6) is -0.287. The van der Waals surface area contributed by atoms with Crippen LogP contribution >= 0.6 is 0 Å². The topological polar surface area (TPSA) is 118 Å². The smallest absolute Gasteiger partial charge is 0.350 e. The van der Waals surface area contributed by atoms with Gasteiger partial charge in [0.15, 0.2) is 0 Å². The number of hydrogen-bond acceptors (Lipinski definition) is 10. The fourth-order valence-corrected chi connectivity index (χ4v) is 6.02. The quantitative estimate of drug-likeness (QED) is 0.212. The van der Waals surface area contributed by atoms with Crippen LogP contribution in [0.2, 0.25) is 0 Å². The lowest BCUT2D eigenvalue weighted by atomic mass is 10.1. The molecule has 47 heavy (non-hydrogen) atoms. The van der Waals surface area contributed by atoms with E-state index in [2.05, 4.69) is 61.2 Å². The summed E-state index contributed by atoms with van der Waals surface area (Å²) in [5, 5.41) is 8.52. The third kappa shape index (κ3) is 6.49. The molecule has 5 heterocycles. The largest absolute Gasteiger partial charge is 0.491 e. The average molecular weight is 638 g/mol. The first kappa shape index (κ1) is 30.6. The molecular weight excluding hydrogens is 598 g/mol. The predicted octanol–water partition coefficient (Wildman–Crippen LogP) is 3.67. The molecular formula is C34H39N9O4. The third-order valence-corrected chi connectivity index (χ3v) is 8.86. The Morgan fingerprint density at radius 3 is 2.26 bits per heavy atom. The van der Waals surface area contributed by atoms with Crippen molar-refractivity contribution in [2.24, 2.45) is 0 Å². The number of rotatable bonds is 11. The first-order chi connectivity index (χ1) is 23.0. The molecule has 2 unspecified atom stereocenters. The van der Waals surface area contributed by atoms with Crippen molar-refractivity contribution in [3.8, 4) is 11.4 Å². The predicted molar refractivity (Wildman–Crippen MR) is 176 cm³/mol. The number of anilines is 2. The van der Waals surface area contributed by atoms with E-state index in [9.17, 15) is 4.79 Å². The van der Waals surface area contributed by atoms with Gasteiger partial charge in [-0.05, 0) is 74.0 Å². The van der Waals surface area contributed by atoms with Gasteiger partial charge >= 0.3 is 5.69 Å². The zero-order chi connectivity index (χ0) is 32.2. The fraction of sp³-hybridized carbons (Fsp3) is 0.382. The van der Waals surface area contributed by atoms with Gasteiger partial charge in [-0.2, -0.15) is 10.2 Å².